The number of benzene rings is 1. The molecule has 1 amide bonds. The van der Waals surface area contributed by atoms with Crippen LogP contribution in [0.4, 0.5) is 0 Å². The molecule has 0 bridgehead atoms. The smallest absolute Gasteiger partial charge is 0.251 e. The van der Waals surface area contributed by atoms with E-state index >= 15 is 0 Å². The maximum atomic E-state index is 12.3. The average Bonchev–Trinajstić information content (AvgIpc) is 2.57. The average molecular weight is 349 g/mol. The predicted molar refractivity (Wildman–Crippen MR) is 90.7 cm³/mol. The van der Waals surface area contributed by atoms with Crippen molar-refractivity contribution in [2.24, 2.45) is 5.92 Å². The number of nitriles is 1. The summed E-state index contributed by atoms with van der Waals surface area (Å²) in [7, 11) is -3.64. The number of carbonyl (C=O) groups excluding carboxylic acids is 1. The molecule has 1 saturated carbocycles. The molecule has 1 aliphatic rings. The Morgan fingerprint density at radius 3 is 2.54 bits per heavy atom. The fraction of sp³-hybridized carbons (Fsp3) is 0.529. The van der Waals surface area contributed by atoms with Gasteiger partial charge >= 0.3 is 0 Å². The number of hydrogen-bond donors (Lipinski definition) is 2. The Morgan fingerprint density at radius 2 is 1.92 bits per heavy atom. The van der Waals surface area contributed by atoms with E-state index in [0.717, 1.165) is 19.3 Å². The zero-order valence-electron chi connectivity index (χ0n) is 13.8. The van der Waals surface area contributed by atoms with E-state index in [1.54, 1.807) is 0 Å². The molecule has 1 fully saturated rings. The third kappa shape index (κ3) is 4.79. The van der Waals surface area contributed by atoms with Gasteiger partial charge in [-0.3, -0.25) is 4.79 Å². The number of amides is 1. The van der Waals surface area contributed by atoms with E-state index in [1.807, 2.05) is 6.07 Å². The number of nitrogens with zero attached hydrogens (tertiary/aromatic N) is 1. The van der Waals surface area contributed by atoms with Crippen LogP contribution in [0.5, 0.6) is 0 Å². The fourth-order valence-electron chi connectivity index (χ4n) is 2.89. The van der Waals surface area contributed by atoms with Crippen LogP contribution in [-0.2, 0) is 10.0 Å². The molecular weight excluding hydrogens is 326 g/mol. The van der Waals surface area contributed by atoms with Crippen LogP contribution in [-0.4, -0.2) is 26.9 Å². The number of rotatable bonds is 6. The van der Waals surface area contributed by atoms with E-state index in [4.69, 9.17) is 5.26 Å². The molecule has 0 heterocycles. The first-order valence-corrected chi connectivity index (χ1v) is 9.70. The second-order valence-corrected chi connectivity index (χ2v) is 7.94. The van der Waals surface area contributed by atoms with Crippen molar-refractivity contribution in [3.63, 3.8) is 0 Å². The lowest BCUT2D eigenvalue weighted by Gasteiger charge is -2.29. The lowest BCUT2D eigenvalue weighted by molar-refractivity contribution is 0.0910. The molecule has 6 nitrogen and oxygen atoms in total. The second kappa shape index (κ2) is 8.27. The molecule has 1 aliphatic carbocycles. The number of hydrogen-bond acceptors (Lipinski definition) is 4. The number of nitrogens with one attached hydrogen (secondary N) is 2. The van der Waals surface area contributed by atoms with Crippen LogP contribution in [0.25, 0.3) is 0 Å². The molecule has 1 aromatic rings. The van der Waals surface area contributed by atoms with Gasteiger partial charge in [-0.1, -0.05) is 19.8 Å². The quantitative estimate of drug-likeness (QED) is 0.769. The maximum absolute atomic E-state index is 12.3. The first kappa shape index (κ1) is 18.4. The fourth-order valence-corrected chi connectivity index (χ4v) is 3.92. The highest BCUT2D eigenvalue weighted by atomic mass is 32.2. The third-order valence-corrected chi connectivity index (χ3v) is 5.86. The van der Waals surface area contributed by atoms with Crippen LogP contribution < -0.4 is 10.0 Å². The van der Waals surface area contributed by atoms with Crippen molar-refractivity contribution in [3.8, 4) is 6.07 Å². The lowest BCUT2D eigenvalue weighted by Crippen LogP contribution is -2.41. The van der Waals surface area contributed by atoms with Crippen LogP contribution in [0, 0.1) is 17.2 Å². The topological polar surface area (TPSA) is 99.1 Å². The monoisotopic (exact) mass is 349 g/mol. The first-order valence-electron chi connectivity index (χ1n) is 8.21. The van der Waals surface area contributed by atoms with Crippen LogP contribution in [0.1, 0.15) is 49.4 Å². The maximum Gasteiger partial charge on any atom is 0.251 e. The molecule has 0 radical (unpaired) electrons. The summed E-state index contributed by atoms with van der Waals surface area (Å²) >= 11 is 0. The van der Waals surface area contributed by atoms with Gasteiger partial charge in [-0.2, -0.15) is 5.26 Å². The summed E-state index contributed by atoms with van der Waals surface area (Å²) in [6, 6.07) is 7.91. The summed E-state index contributed by atoms with van der Waals surface area (Å²) in [5.74, 6) is 0.293. The molecule has 2 unspecified atom stereocenters. The van der Waals surface area contributed by atoms with Gasteiger partial charge in [0.2, 0.25) is 10.0 Å². The molecule has 130 valence electrons. The molecular formula is C17H23N3O3S. The van der Waals surface area contributed by atoms with Crippen molar-refractivity contribution in [1.29, 1.82) is 5.26 Å². The van der Waals surface area contributed by atoms with Gasteiger partial charge in [0.05, 0.1) is 11.0 Å². The normalized spacial score (nSPS) is 21.0. The van der Waals surface area contributed by atoms with Gasteiger partial charge in [0.1, 0.15) is 0 Å². The Hall–Kier alpha value is -1.91. The summed E-state index contributed by atoms with van der Waals surface area (Å²) in [6.45, 7) is 2.22. The number of sulfonamides is 1. The minimum absolute atomic E-state index is 0.0701. The SMILES string of the molecule is CC1CCCCC1NC(=O)c1ccc(S(=O)(=O)NCCC#N)cc1. The Morgan fingerprint density at radius 1 is 1.25 bits per heavy atom. The van der Waals surface area contributed by atoms with Gasteiger partial charge < -0.3 is 5.32 Å². The van der Waals surface area contributed by atoms with E-state index < -0.39 is 10.0 Å². The molecule has 2 atom stereocenters. The Balaban J connectivity index is 2.00. The number of carbonyl (C=O) groups is 1. The van der Waals surface area contributed by atoms with Crippen LogP contribution in [0.3, 0.4) is 0 Å². The van der Waals surface area contributed by atoms with Gasteiger partial charge in [-0.05, 0) is 43.0 Å². The van der Waals surface area contributed by atoms with Crippen LogP contribution in [0.15, 0.2) is 29.2 Å². The first-order chi connectivity index (χ1) is 11.4. The van der Waals surface area contributed by atoms with Gasteiger partial charge in [0, 0.05) is 24.6 Å². The summed E-state index contributed by atoms with van der Waals surface area (Å²) in [5, 5.41) is 11.5. The van der Waals surface area contributed by atoms with Crippen molar-refractivity contribution >= 4 is 15.9 Å². The van der Waals surface area contributed by atoms with E-state index in [9.17, 15) is 13.2 Å². The molecule has 0 aromatic heterocycles. The second-order valence-electron chi connectivity index (χ2n) is 6.17. The van der Waals surface area contributed by atoms with Crippen molar-refractivity contribution in [1.82, 2.24) is 10.0 Å². The highest BCUT2D eigenvalue weighted by Gasteiger charge is 2.23. The summed E-state index contributed by atoms with van der Waals surface area (Å²) in [4.78, 5) is 12.4. The van der Waals surface area contributed by atoms with E-state index in [2.05, 4.69) is 17.0 Å². The Bertz CT molecular complexity index is 708. The summed E-state index contributed by atoms with van der Waals surface area (Å²) < 4.78 is 26.4. The zero-order valence-corrected chi connectivity index (χ0v) is 14.6. The lowest BCUT2D eigenvalue weighted by atomic mass is 9.86. The van der Waals surface area contributed by atoms with Crippen LogP contribution >= 0.6 is 0 Å². The van der Waals surface area contributed by atoms with Gasteiger partial charge in [0.25, 0.3) is 5.91 Å². The van der Waals surface area contributed by atoms with Gasteiger partial charge in [0.15, 0.2) is 0 Å². The summed E-state index contributed by atoms with van der Waals surface area (Å²) in [5.41, 5.74) is 0.448. The molecule has 7 heteroatoms. The predicted octanol–water partition coefficient (Wildman–Crippen LogP) is 2.19. The van der Waals surface area contributed by atoms with Crippen molar-refractivity contribution in [3.05, 3.63) is 29.8 Å². The van der Waals surface area contributed by atoms with Crippen molar-refractivity contribution < 1.29 is 13.2 Å². The minimum Gasteiger partial charge on any atom is -0.349 e. The molecule has 24 heavy (non-hydrogen) atoms. The molecule has 1 aromatic carbocycles. The molecule has 0 spiro atoms. The highest BCUT2D eigenvalue weighted by molar-refractivity contribution is 7.89. The Labute approximate surface area is 143 Å². The Kier molecular flexibility index (Phi) is 6.35. The van der Waals surface area contributed by atoms with Gasteiger partial charge in [-0.15, -0.1) is 0 Å². The largest absolute Gasteiger partial charge is 0.349 e. The van der Waals surface area contributed by atoms with Crippen molar-refractivity contribution in [2.45, 2.75) is 50.0 Å². The van der Waals surface area contributed by atoms with E-state index in [-0.39, 0.29) is 29.8 Å². The van der Waals surface area contributed by atoms with Crippen LogP contribution in [0.2, 0.25) is 0 Å². The molecule has 2 N–H and O–H groups in total. The van der Waals surface area contributed by atoms with Crippen molar-refractivity contribution in [2.75, 3.05) is 6.54 Å². The van der Waals surface area contributed by atoms with Gasteiger partial charge in [-0.25, -0.2) is 13.1 Å². The molecule has 0 saturated heterocycles. The molecule has 0 aliphatic heterocycles. The standard InChI is InChI=1S/C17H23N3O3S/c1-13-5-2-3-6-16(13)20-17(21)14-7-9-15(10-8-14)24(22,23)19-12-4-11-18/h7-10,13,16,19H,2-6,12H2,1H3,(H,20,21). The third-order valence-electron chi connectivity index (χ3n) is 4.38. The molecule has 2 rings (SSSR count). The van der Waals surface area contributed by atoms with E-state index in [0.29, 0.717) is 11.5 Å². The summed E-state index contributed by atoms with van der Waals surface area (Å²) in [6.07, 6.45) is 4.55. The minimum atomic E-state index is -3.64. The highest BCUT2D eigenvalue weighted by Crippen LogP contribution is 2.24. The zero-order chi connectivity index (χ0) is 17.6. The van der Waals surface area contributed by atoms with E-state index in [1.165, 1.54) is 30.7 Å².